The second kappa shape index (κ2) is 5.53. The molecule has 0 unspecified atom stereocenters. The molecule has 1 aromatic heterocycles. The molecule has 90 valence electrons. The van der Waals surface area contributed by atoms with Gasteiger partial charge in [-0.05, 0) is 20.8 Å². The minimum Gasteiger partial charge on any atom is -0.480 e. The van der Waals surface area contributed by atoms with E-state index in [1.165, 1.54) is 0 Å². The Balaban J connectivity index is 2.45. The number of aromatic nitrogens is 2. The molecule has 0 aliphatic carbocycles. The van der Waals surface area contributed by atoms with E-state index < -0.39 is 0 Å². The Morgan fingerprint density at radius 3 is 2.81 bits per heavy atom. The van der Waals surface area contributed by atoms with Crippen molar-refractivity contribution in [1.82, 2.24) is 14.7 Å². The van der Waals surface area contributed by atoms with Gasteiger partial charge in [-0.3, -0.25) is 9.48 Å². The number of ether oxygens (including phenoxy) is 1. The van der Waals surface area contributed by atoms with Crippen LogP contribution in [0.25, 0.3) is 0 Å². The molecule has 0 fully saturated rings. The zero-order valence-electron chi connectivity index (χ0n) is 10.3. The number of hydrogen-bond acceptors (Lipinski definition) is 3. The maximum atomic E-state index is 11.5. The van der Waals surface area contributed by atoms with Gasteiger partial charge in [-0.15, -0.1) is 0 Å². The number of likely N-dealkylation sites (N-methyl/N-ethyl adjacent to an activating group) is 1. The van der Waals surface area contributed by atoms with Gasteiger partial charge in [0.1, 0.15) is 0 Å². The van der Waals surface area contributed by atoms with E-state index in [2.05, 4.69) is 5.10 Å². The maximum Gasteiger partial charge on any atom is 0.260 e. The molecule has 0 spiro atoms. The van der Waals surface area contributed by atoms with E-state index in [9.17, 15) is 4.79 Å². The minimum absolute atomic E-state index is 0.0280. The average Bonchev–Trinajstić information content (AvgIpc) is 2.73. The van der Waals surface area contributed by atoms with E-state index in [-0.39, 0.29) is 12.5 Å². The lowest BCUT2D eigenvalue weighted by molar-refractivity contribution is -0.131. The third kappa shape index (κ3) is 3.25. The Labute approximate surface area is 96.0 Å². The molecular formula is C11H19N3O2. The van der Waals surface area contributed by atoms with Crippen LogP contribution in [-0.4, -0.2) is 40.8 Å². The highest BCUT2D eigenvalue weighted by Gasteiger charge is 2.08. The molecule has 0 aromatic carbocycles. The van der Waals surface area contributed by atoms with Crippen molar-refractivity contribution in [3.05, 3.63) is 12.4 Å². The van der Waals surface area contributed by atoms with Gasteiger partial charge in [0.25, 0.3) is 5.91 Å². The summed E-state index contributed by atoms with van der Waals surface area (Å²) in [6, 6.07) is 0.298. The summed E-state index contributed by atoms with van der Waals surface area (Å²) in [5.74, 6) is 0.603. The summed E-state index contributed by atoms with van der Waals surface area (Å²) in [4.78, 5) is 13.1. The topological polar surface area (TPSA) is 47.4 Å². The Kier molecular flexibility index (Phi) is 4.34. The molecule has 0 radical (unpaired) electrons. The van der Waals surface area contributed by atoms with Crippen LogP contribution in [0.2, 0.25) is 0 Å². The van der Waals surface area contributed by atoms with Crippen molar-refractivity contribution in [1.29, 1.82) is 0 Å². The first-order valence-electron chi connectivity index (χ1n) is 5.45. The second-order valence-corrected chi connectivity index (χ2v) is 3.95. The zero-order valence-corrected chi connectivity index (χ0v) is 10.3. The number of rotatable bonds is 5. The third-order valence-corrected chi connectivity index (χ3v) is 2.37. The minimum atomic E-state index is -0.0280. The first-order chi connectivity index (χ1) is 7.54. The van der Waals surface area contributed by atoms with Gasteiger partial charge in [-0.2, -0.15) is 5.10 Å². The Morgan fingerprint density at radius 2 is 2.31 bits per heavy atom. The van der Waals surface area contributed by atoms with E-state index in [4.69, 9.17) is 4.74 Å². The number of nitrogens with zero attached hydrogens (tertiary/aromatic N) is 3. The molecule has 1 heterocycles. The van der Waals surface area contributed by atoms with Crippen LogP contribution in [0, 0.1) is 0 Å². The summed E-state index contributed by atoms with van der Waals surface area (Å²) >= 11 is 0. The summed E-state index contributed by atoms with van der Waals surface area (Å²) in [6.45, 7) is 6.75. The molecule has 0 atom stereocenters. The quantitative estimate of drug-likeness (QED) is 0.759. The summed E-state index contributed by atoms with van der Waals surface area (Å²) < 4.78 is 7.14. The Morgan fingerprint density at radius 1 is 1.62 bits per heavy atom. The van der Waals surface area contributed by atoms with Gasteiger partial charge in [0.2, 0.25) is 0 Å². The van der Waals surface area contributed by atoms with Gasteiger partial charge in [0.05, 0.1) is 12.4 Å². The molecule has 1 amide bonds. The molecule has 0 saturated heterocycles. The molecular weight excluding hydrogens is 206 g/mol. The SMILES string of the molecule is CCN(C)C(=O)COc1cnn(C(C)C)c1. The van der Waals surface area contributed by atoms with E-state index in [0.717, 1.165) is 0 Å². The lowest BCUT2D eigenvalue weighted by Crippen LogP contribution is -2.30. The summed E-state index contributed by atoms with van der Waals surface area (Å²) in [6.07, 6.45) is 3.42. The van der Waals surface area contributed by atoms with Crippen molar-refractivity contribution in [3.8, 4) is 5.75 Å². The largest absolute Gasteiger partial charge is 0.480 e. The van der Waals surface area contributed by atoms with E-state index in [1.54, 1.807) is 29.0 Å². The van der Waals surface area contributed by atoms with Crippen molar-refractivity contribution in [2.24, 2.45) is 0 Å². The highest BCUT2D eigenvalue weighted by atomic mass is 16.5. The van der Waals surface area contributed by atoms with Crippen LogP contribution >= 0.6 is 0 Å². The predicted molar refractivity (Wildman–Crippen MR) is 61.4 cm³/mol. The third-order valence-electron chi connectivity index (χ3n) is 2.37. The molecule has 0 bridgehead atoms. The summed E-state index contributed by atoms with van der Waals surface area (Å²) in [7, 11) is 1.75. The first kappa shape index (κ1) is 12.5. The van der Waals surface area contributed by atoms with Crippen LogP contribution in [-0.2, 0) is 4.79 Å². The molecule has 0 N–H and O–H groups in total. The van der Waals surface area contributed by atoms with Crippen molar-refractivity contribution in [3.63, 3.8) is 0 Å². The lowest BCUT2D eigenvalue weighted by Gasteiger charge is -2.13. The van der Waals surface area contributed by atoms with Gasteiger partial charge in [-0.1, -0.05) is 0 Å². The monoisotopic (exact) mass is 225 g/mol. The lowest BCUT2D eigenvalue weighted by atomic mass is 10.4. The molecule has 0 aliphatic heterocycles. The predicted octanol–water partition coefficient (Wildman–Crippen LogP) is 1.32. The second-order valence-electron chi connectivity index (χ2n) is 3.95. The van der Waals surface area contributed by atoms with E-state index in [0.29, 0.717) is 18.3 Å². The van der Waals surface area contributed by atoms with Gasteiger partial charge in [0, 0.05) is 19.6 Å². The molecule has 1 aromatic rings. The Bertz CT molecular complexity index is 347. The molecule has 16 heavy (non-hydrogen) atoms. The highest BCUT2D eigenvalue weighted by molar-refractivity contribution is 5.77. The fourth-order valence-electron chi connectivity index (χ4n) is 1.11. The first-order valence-corrected chi connectivity index (χ1v) is 5.45. The van der Waals surface area contributed by atoms with Crippen LogP contribution in [0.15, 0.2) is 12.4 Å². The fraction of sp³-hybridized carbons (Fsp3) is 0.636. The van der Waals surface area contributed by atoms with Crippen LogP contribution in [0.3, 0.4) is 0 Å². The molecule has 5 heteroatoms. The van der Waals surface area contributed by atoms with Gasteiger partial charge in [0.15, 0.2) is 12.4 Å². The summed E-state index contributed by atoms with van der Waals surface area (Å²) in [5, 5.41) is 4.13. The Hall–Kier alpha value is -1.52. The van der Waals surface area contributed by atoms with Crippen LogP contribution in [0.4, 0.5) is 0 Å². The van der Waals surface area contributed by atoms with Crippen molar-refractivity contribution in [2.75, 3.05) is 20.2 Å². The molecule has 1 rings (SSSR count). The van der Waals surface area contributed by atoms with Gasteiger partial charge < -0.3 is 9.64 Å². The number of carbonyl (C=O) groups excluding carboxylic acids is 1. The molecule has 0 saturated carbocycles. The maximum absolute atomic E-state index is 11.5. The zero-order chi connectivity index (χ0) is 12.1. The normalized spacial score (nSPS) is 10.6. The highest BCUT2D eigenvalue weighted by Crippen LogP contribution is 2.12. The van der Waals surface area contributed by atoms with Crippen LogP contribution < -0.4 is 4.74 Å². The number of hydrogen-bond donors (Lipinski definition) is 0. The summed E-state index contributed by atoms with van der Waals surface area (Å²) in [5.41, 5.74) is 0. The molecule has 5 nitrogen and oxygen atoms in total. The van der Waals surface area contributed by atoms with E-state index in [1.807, 2.05) is 20.8 Å². The van der Waals surface area contributed by atoms with Crippen LogP contribution in [0.5, 0.6) is 5.75 Å². The van der Waals surface area contributed by atoms with Gasteiger partial charge in [-0.25, -0.2) is 0 Å². The number of amides is 1. The standard InChI is InChI=1S/C11H19N3O2/c1-5-13(4)11(15)8-16-10-6-12-14(7-10)9(2)3/h6-7,9H,5,8H2,1-4H3. The average molecular weight is 225 g/mol. The van der Waals surface area contributed by atoms with Crippen molar-refractivity contribution >= 4 is 5.91 Å². The van der Waals surface area contributed by atoms with Crippen molar-refractivity contribution in [2.45, 2.75) is 26.8 Å². The van der Waals surface area contributed by atoms with Crippen molar-refractivity contribution < 1.29 is 9.53 Å². The smallest absolute Gasteiger partial charge is 0.260 e. The van der Waals surface area contributed by atoms with E-state index >= 15 is 0 Å². The number of carbonyl (C=O) groups is 1. The molecule has 0 aliphatic rings. The van der Waals surface area contributed by atoms with Crippen LogP contribution in [0.1, 0.15) is 26.8 Å². The van der Waals surface area contributed by atoms with Gasteiger partial charge >= 0.3 is 0 Å². The fourth-order valence-corrected chi connectivity index (χ4v) is 1.11.